The van der Waals surface area contributed by atoms with E-state index in [4.69, 9.17) is 0 Å². The zero-order chi connectivity index (χ0) is 17.1. The van der Waals surface area contributed by atoms with Crippen molar-refractivity contribution >= 4 is 23.8 Å². The van der Waals surface area contributed by atoms with Crippen LogP contribution in [0.3, 0.4) is 0 Å². The topological polar surface area (TPSA) is 86.8 Å². The van der Waals surface area contributed by atoms with Gasteiger partial charge in [-0.3, -0.25) is 19.3 Å². The molecule has 2 fully saturated rings. The maximum absolute atomic E-state index is 12.3. The number of amides is 5. The summed E-state index contributed by atoms with van der Waals surface area (Å²) in [5.41, 5.74) is 0.740. The second-order valence-corrected chi connectivity index (χ2v) is 6.10. The summed E-state index contributed by atoms with van der Waals surface area (Å²) in [4.78, 5) is 50.0. The summed E-state index contributed by atoms with van der Waals surface area (Å²) in [5.74, 6) is -2.24. The molecule has 7 heteroatoms. The molecule has 0 unspecified atom stereocenters. The third-order valence-electron chi connectivity index (χ3n) is 4.34. The molecule has 1 aliphatic carbocycles. The molecule has 5 amide bonds. The van der Waals surface area contributed by atoms with Gasteiger partial charge in [0.15, 0.2) is 0 Å². The van der Waals surface area contributed by atoms with E-state index in [-0.39, 0.29) is 12.6 Å². The van der Waals surface area contributed by atoms with Crippen molar-refractivity contribution in [3.05, 3.63) is 35.9 Å². The molecule has 1 N–H and O–H groups in total. The van der Waals surface area contributed by atoms with E-state index in [1.165, 1.54) is 0 Å². The molecule has 1 saturated carbocycles. The standard InChI is InChI=1S/C17H19N3O4/c21-14(18-13-8-4-5-9-13)11-20-16(23)15(22)19(17(20)24)10-12-6-2-1-3-7-12/h1-3,6-7,13H,4-5,8-11H2,(H,18,21). The quantitative estimate of drug-likeness (QED) is 0.646. The van der Waals surface area contributed by atoms with Gasteiger partial charge in [0, 0.05) is 6.04 Å². The minimum atomic E-state index is -0.947. The number of rotatable bonds is 5. The van der Waals surface area contributed by atoms with E-state index in [9.17, 15) is 19.2 Å². The first-order valence-electron chi connectivity index (χ1n) is 8.07. The van der Waals surface area contributed by atoms with Crippen LogP contribution in [0.5, 0.6) is 0 Å². The molecule has 0 aromatic heterocycles. The number of nitrogens with one attached hydrogen (secondary N) is 1. The fraction of sp³-hybridized carbons (Fsp3) is 0.412. The summed E-state index contributed by atoms with van der Waals surface area (Å²) in [7, 11) is 0. The fourth-order valence-corrected chi connectivity index (χ4v) is 3.08. The van der Waals surface area contributed by atoms with Gasteiger partial charge in [-0.05, 0) is 18.4 Å². The lowest BCUT2D eigenvalue weighted by molar-refractivity contribution is -0.144. The van der Waals surface area contributed by atoms with Crippen molar-refractivity contribution in [2.75, 3.05) is 6.54 Å². The first kappa shape index (κ1) is 16.2. The van der Waals surface area contributed by atoms with Crippen LogP contribution in [0.25, 0.3) is 0 Å². The van der Waals surface area contributed by atoms with Crippen LogP contribution in [-0.2, 0) is 20.9 Å². The van der Waals surface area contributed by atoms with Crippen LogP contribution in [-0.4, -0.2) is 46.1 Å². The number of carbonyl (C=O) groups is 4. The van der Waals surface area contributed by atoms with Crippen molar-refractivity contribution in [1.29, 1.82) is 0 Å². The van der Waals surface area contributed by atoms with E-state index in [1.807, 2.05) is 6.07 Å². The molecule has 0 radical (unpaired) electrons. The Balaban J connectivity index is 1.64. The zero-order valence-electron chi connectivity index (χ0n) is 13.2. The molecule has 7 nitrogen and oxygen atoms in total. The average molecular weight is 329 g/mol. The molecule has 0 bridgehead atoms. The van der Waals surface area contributed by atoms with Gasteiger partial charge in [-0.1, -0.05) is 43.2 Å². The van der Waals surface area contributed by atoms with Crippen molar-refractivity contribution in [3.63, 3.8) is 0 Å². The van der Waals surface area contributed by atoms with Crippen molar-refractivity contribution in [1.82, 2.24) is 15.1 Å². The van der Waals surface area contributed by atoms with E-state index in [1.54, 1.807) is 24.3 Å². The summed E-state index contributed by atoms with van der Waals surface area (Å²) in [6.07, 6.45) is 3.95. The summed E-state index contributed by atoms with van der Waals surface area (Å²) in [5, 5.41) is 2.81. The minimum absolute atomic E-state index is 0.0188. The Bertz CT molecular complexity index is 668. The first-order chi connectivity index (χ1) is 11.6. The van der Waals surface area contributed by atoms with Gasteiger partial charge in [0.05, 0.1) is 6.54 Å². The van der Waals surface area contributed by atoms with Crippen LogP contribution in [0.15, 0.2) is 30.3 Å². The van der Waals surface area contributed by atoms with E-state index in [0.29, 0.717) is 0 Å². The van der Waals surface area contributed by atoms with Crippen LogP contribution in [0.1, 0.15) is 31.2 Å². The van der Waals surface area contributed by atoms with Gasteiger partial charge in [-0.15, -0.1) is 0 Å². The molecule has 3 rings (SSSR count). The highest BCUT2D eigenvalue weighted by molar-refractivity contribution is 6.44. The predicted molar refractivity (Wildman–Crippen MR) is 84.5 cm³/mol. The average Bonchev–Trinajstić information content (AvgIpc) is 3.15. The second-order valence-electron chi connectivity index (χ2n) is 6.10. The molecule has 1 aromatic rings. The van der Waals surface area contributed by atoms with Gasteiger partial charge in [-0.2, -0.15) is 0 Å². The largest absolute Gasteiger partial charge is 0.352 e. The van der Waals surface area contributed by atoms with Crippen molar-refractivity contribution in [2.24, 2.45) is 0 Å². The molecule has 1 heterocycles. The summed E-state index contributed by atoms with van der Waals surface area (Å²) in [6, 6.07) is 8.28. The Morgan fingerprint density at radius 3 is 2.29 bits per heavy atom. The first-order valence-corrected chi connectivity index (χ1v) is 8.07. The Morgan fingerprint density at radius 1 is 1.00 bits per heavy atom. The van der Waals surface area contributed by atoms with Crippen molar-refractivity contribution in [2.45, 2.75) is 38.3 Å². The molecule has 2 aliphatic rings. The SMILES string of the molecule is O=C(CN1C(=O)C(=O)N(Cc2ccccc2)C1=O)NC1CCCC1. The third kappa shape index (κ3) is 3.29. The normalized spacial score (nSPS) is 18.6. The highest BCUT2D eigenvalue weighted by Gasteiger charge is 2.45. The van der Waals surface area contributed by atoms with Gasteiger partial charge < -0.3 is 5.32 Å². The van der Waals surface area contributed by atoms with Gasteiger partial charge in [0.2, 0.25) is 5.91 Å². The summed E-state index contributed by atoms with van der Waals surface area (Å²) < 4.78 is 0. The van der Waals surface area contributed by atoms with E-state index in [2.05, 4.69) is 5.32 Å². The van der Waals surface area contributed by atoms with Crippen molar-refractivity contribution < 1.29 is 19.2 Å². The molecule has 24 heavy (non-hydrogen) atoms. The van der Waals surface area contributed by atoms with Gasteiger partial charge in [0.25, 0.3) is 0 Å². The number of urea groups is 1. The Hall–Kier alpha value is -2.70. The van der Waals surface area contributed by atoms with Gasteiger partial charge in [0.1, 0.15) is 6.54 Å². The van der Waals surface area contributed by atoms with E-state index >= 15 is 0 Å². The number of benzene rings is 1. The Kier molecular flexibility index (Phi) is 4.59. The van der Waals surface area contributed by atoms with Crippen molar-refractivity contribution in [3.8, 4) is 0 Å². The number of hydrogen-bond acceptors (Lipinski definition) is 4. The lowest BCUT2D eigenvalue weighted by atomic mass is 10.2. The highest BCUT2D eigenvalue weighted by atomic mass is 16.2. The number of carbonyl (C=O) groups excluding carboxylic acids is 4. The molecule has 1 aromatic carbocycles. The molecular weight excluding hydrogens is 310 g/mol. The van der Waals surface area contributed by atoms with Gasteiger partial charge >= 0.3 is 17.8 Å². The minimum Gasteiger partial charge on any atom is -0.352 e. The lowest BCUT2D eigenvalue weighted by Gasteiger charge is -2.17. The fourth-order valence-electron chi connectivity index (χ4n) is 3.08. The maximum Gasteiger partial charge on any atom is 0.335 e. The monoisotopic (exact) mass is 329 g/mol. The van der Waals surface area contributed by atoms with Gasteiger partial charge in [-0.25, -0.2) is 9.69 Å². The number of nitrogens with zero attached hydrogens (tertiary/aromatic N) is 2. The highest BCUT2D eigenvalue weighted by Crippen LogP contribution is 2.18. The Morgan fingerprint density at radius 2 is 1.62 bits per heavy atom. The Labute approximate surface area is 139 Å². The molecule has 0 atom stereocenters. The third-order valence-corrected chi connectivity index (χ3v) is 4.34. The molecule has 1 aliphatic heterocycles. The van der Waals surface area contributed by atoms with Crippen LogP contribution < -0.4 is 5.32 Å². The van der Waals surface area contributed by atoms with E-state index < -0.39 is 30.3 Å². The molecule has 1 saturated heterocycles. The lowest BCUT2D eigenvalue weighted by Crippen LogP contribution is -2.44. The molecule has 126 valence electrons. The zero-order valence-corrected chi connectivity index (χ0v) is 13.2. The second kappa shape index (κ2) is 6.82. The summed E-state index contributed by atoms with van der Waals surface area (Å²) in [6.45, 7) is -0.393. The maximum atomic E-state index is 12.3. The smallest absolute Gasteiger partial charge is 0.335 e. The summed E-state index contributed by atoms with van der Waals surface area (Å²) >= 11 is 0. The predicted octanol–water partition coefficient (Wildman–Crippen LogP) is 1.04. The number of hydrogen-bond donors (Lipinski definition) is 1. The van der Waals surface area contributed by atoms with Crippen LogP contribution in [0.2, 0.25) is 0 Å². The molecular formula is C17H19N3O4. The van der Waals surface area contributed by atoms with Crippen LogP contribution in [0.4, 0.5) is 4.79 Å². The molecule has 0 spiro atoms. The van der Waals surface area contributed by atoms with Crippen LogP contribution >= 0.6 is 0 Å². The number of imide groups is 2. The van der Waals surface area contributed by atoms with E-state index in [0.717, 1.165) is 41.0 Å². The van der Waals surface area contributed by atoms with Crippen LogP contribution in [0, 0.1) is 0 Å².